The van der Waals surface area contributed by atoms with Crippen molar-refractivity contribution in [3.8, 4) is 11.3 Å². The van der Waals surface area contributed by atoms with E-state index in [1.807, 2.05) is 68.4 Å². The third-order valence-corrected chi connectivity index (χ3v) is 3.80. The van der Waals surface area contributed by atoms with Crippen LogP contribution in [0, 0.1) is 13.8 Å². The highest BCUT2D eigenvalue weighted by Crippen LogP contribution is 2.23. The van der Waals surface area contributed by atoms with Gasteiger partial charge in [0.25, 0.3) is 5.91 Å². The molecule has 4 heteroatoms. The summed E-state index contributed by atoms with van der Waals surface area (Å²) in [5.41, 5.74) is 3.67. The van der Waals surface area contributed by atoms with Crippen LogP contribution in [0.15, 0.2) is 59.0 Å². The van der Waals surface area contributed by atoms with Gasteiger partial charge in [0.1, 0.15) is 11.5 Å². The summed E-state index contributed by atoms with van der Waals surface area (Å²) in [5, 5.41) is 2.93. The van der Waals surface area contributed by atoms with Gasteiger partial charge in [0.15, 0.2) is 5.89 Å². The second-order valence-corrected chi connectivity index (χ2v) is 5.74. The lowest BCUT2D eigenvalue weighted by Gasteiger charge is -2.05. The molecule has 122 valence electrons. The summed E-state index contributed by atoms with van der Waals surface area (Å²) in [6, 6.07) is 17.5. The molecule has 0 atom stereocenters. The predicted molar refractivity (Wildman–Crippen MR) is 93.9 cm³/mol. The first-order valence-corrected chi connectivity index (χ1v) is 8.00. The summed E-state index contributed by atoms with van der Waals surface area (Å²) in [6.07, 6.45) is 0.600. The van der Waals surface area contributed by atoms with Gasteiger partial charge in [-0.05, 0) is 19.1 Å². The number of nitrogens with one attached hydrogen (secondary N) is 1. The highest BCUT2D eigenvalue weighted by atomic mass is 16.4. The van der Waals surface area contributed by atoms with Crippen LogP contribution in [0.2, 0.25) is 0 Å². The minimum atomic E-state index is -0.0764. The molecule has 24 heavy (non-hydrogen) atoms. The van der Waals surface area contributed by atoms with E-state index in [4.69, 9.17) is 4.42 Å². The zero-order chi connectivity index (χ0) is 16.9. The number of carbonyl (C=O) groups is 1. The molecule has 1 N–H and O–H groups in total. The molecule has 0 fully saturated rings. The Bertz CT molecular complexity index is 821. The molecule has 0 radical (unpaired) electrons. The fourth-order valence-electron chi connectivity index (χ4n) is 2.56. The molecule has 2 aromatic carbocycles. The number of hydrogen-bond acceptors (Lipinski definition) is 3. The van der Waals surface area contributed by atoms with Gasteiger partial charge >= 0.3 is 0 Å². The van der Waals surface area contributed by atoms with Crippen LogP contribution in [0.5, 0.6) is 0 Å². The highest BCUT2D eigenvalue weighted by molar-refractivity contribution is 5.94. The van der Waals surface area contributed by atoms with Crippen molar-refractivity contribution >= 4 is 5.91 Å². The van der Waals surface area contributed by atoms with Gasteiger partial charge in [-0.25, -0.2) is 4.98 Å². The Kier molecular flexibility index (Phi) is 4.75. The molecule has 0 bridgehead atoms. The van der Waals surface area contributed by atoms with E-state index in [1.54, 1.807) is 0 Å². The van der Waals surface area contributed by atoms with Crippen LogP contribution in [0.4, 0.5) is 0 Å². The van der Waals surface area contributed by atoms with Crippen LogP contribution < -0.4 is 5.32 Å². The maximum atomic E-state index is 12.1. The van der Waals surface area contributed by atoms with Gasteiger partial charge in [-0.15, -0.1) is 0 Å². The highest BCUT2D eigenvalue weighted by Gasteiger charge is 2.13. The van der Waals surface area contributed by atoms with Crippen molar-refractivity contribution in [3.05, 3.63) is 77.4 Å². The number of nitrogens with zero attached hydrogens (tertiary/aromatic N) is 1. The van der Waals surface area contributed by atoms with Gasteiger partial charge in [-0.2, -0.15) is 0 Å². The summed E-state index contributed by atoms with van der Waals surface area (Å²) in [6.45, 7) is 4.33. The number of oxazole rings is 1. The molecule has 0 unspecified atom stereocenters. The fraction of sp³-hybridized carbons (Fsp3) is 0.200. The number of benzene rings is 2. The van der Waals surface area contributed by atoms with Crippen LogP contribution in [0.1, 0.15) is 27.6 Å². The minimum Gasteiger partial charge on any atom is -0.445 e. The molecule has 3 aromatic rings. The lowest BCUT2D eigenvalue weighted by atomic mass is 10.1. The van der Waals surface area contributed by atoms with Gasteiger partial charge in [0.2, 0.25) is 0 Å². The van der Waals surface area contributed by atoms with Crippen molar-refractivity contribution in [2.45, 2.75) is 20.3 Å². The van der Waals surface area contributed by atoms with Crippen molar-refractivity contribution in [1.29, 1.82) is 0 Å². The van der Waals surface area contributed by atoms with Gasteiger partial charge in [0.05, 0.1) is 0 Å². The molecule has 0 saturated carbocycles. The number of rotatable bonds is 5. The Morgan fingerprint density at radius 3 is 2.46 bits per heavy atom. The summed E-state index contributed by atoms with van der Waals surface area (Å²) >= 11 is 0. The largest absolute Gasteiger partial charge is 0.445 e. The Hall–Kier alpha value is -2.88. The van der Waals surface area contributed by atoms with Crippen molar-refractivity contribution < 1.29 is 9.21 Å². The number of aryl methyl sites for hydroxylation is 2. The fourth-order valence-corrected chi connectivity index (χ4v) is 2.56. The quantitative estimate of drug-likeness (QED) is 0.775. The van der Waals surface area contributed by atoms with E-state index in [-0.39, 0.29) is 5.91 Å². The lowest BCUT2D eigenvalue weighted by molar-refractivity contribution is 0.0953. The number of aromatic nitrogens is 1. The van der Waals surface area contributed by atoms with Crippen molar-refractivity contribution in [1.82, 2.24) is 10.3 Å². The third-order valence-electron chi connectivity index (χ3n) is 3.80. The second kappa shape index (κ2) is 7.13. The van der Waals surface area contributed by atoms with Gasteiger partial charge < -0.3 is 9.73 Å². The molecule has 1 heterocycles. The predicted octanol–water partition coefficient (Wildman–Crippen LogP) is 3.93. The van der Waals surface area contributed by atoms with Crippen molar-refractivity contribution in [2.75, 3.05) is 6.54 Å². The molecule has 0 saturated heterocycles. The van der Waals surface area contributed by atoms with Gasteiger partial charge in [0, 0.05) is 31.0 Å². The van der Waals surface area contributed by atoms with E-state index in [2.05, 4.69) is 10.3 Å². The second-order valence-electron chi connectivity index (χ2n) is 5.74. The number of hydrogen-bond donors (Lipinski definition) is 1. The molecule has 1 amide bonds. The van der Waals surface area contributed by atoms with Crippen LogP contribution >= 0.6 is 0 Å². The molecule has 0 aliphatic heterocycles. The van der Waals surface area contributed by atoms with E-state index in [0.29, 0.717) is 24.4 Å². The molecule has 4 nitrogen and oxygen atoms in total. The summed E-state index contributed by atoms with van der Waals surface area (Å²) in [7, 11) is 0. The molecule has 0 aliphatic carbocycles. The Labute approximate surface area is 141 Å². The van der Waals surface area contributed by atoms with Gasteiger partial charge in [-0.3, -0.25) is 4.79 Å². The molecular formula is C20H20N2O2. The average molecular weight is 320 g/mol. The number of carbonyl (C=O) groups excluding carboxylic acids is 1. The molecule has 1 aromatic heterocycles. The summed E-state index contributed by atoms with van der Waals surface area (Å²) < 4.78 is 5.71. The zero-order valence-corrected chi connectivity index (χ0v) is 13.9. The first-order valence-electron chi connectivity index (χ1n) is 8.00. The smallest absolute Gasteiger partial charge is 0.251 e. The SMILES string of the molecule is Cc1ccc(C(=O)NCCc2oc(C)nc2-c2ccccc2)cc1. The summed E-state index contributed by atoms with van der Waals surface area (Å²) in [4.78, 5) is 16.6. The van der Waals surface area contributed by atoms with Crippen molar-refractivity contribution in [2.24, 2.45) is 0 Å². The van der Waals surface area contributed by atoms with Crippen LogP contribution in [0.3, 0.4) is 0 Å². The average Bonchev–Trinajstić information content (AvgIpc) is 2.97. The Morgan fingerprint density at radius 1 is 1.04 bits per heavy atom. The van der Waals surface area contributed by atoms with Crippen LogP contribution in [-0.4, -0.2) is 17.4 Å². The van der Waals surface area contributed by atoms with Crippen molar-refractivity contribution in [3.63, 3.8) is 0 Å². The monoisotopic (exact) mass is 320 g/mol. The van der Waals surface area contributed by atoms with E-state index in [9.17, 15) is 4.79 Å². The first kappa shape index (κ1) is 16.0. The third kappa shape index (κ3) is 3.71. The van der Waals surface area contributed by atoms with E-state index >= 15 is 0 Å². The lowest BCUT2D eigenvalue weighted by Crippen LogP contribution is -2.25. The zero-order valence-electron chi connectivity index (χ0n) is 13.9. The Balaban J connectivity index is 1.65. The maximum absolute atomic E-state index is 12.1. The molecule has 3 rings (SSSR count). The maximum Gasteiger partial charge on any atom is 0.251 e. The molecule has 0 spiro atoms. The Morgan fingerprint density at radius 2 is 1.75 bits per heavy atom. The standard InChI is InChI=1S/C20H20N2O2/c1-14-8-10-17(11-9-14)20(23)21-13-12-18-19(22-15(2)24-18)16-6-4-3-5-7-16/h3-11H,12-13H2,1-2H3,(H,21,23). The van der Waals surface area contributed by atoms with Gasteiger partial charge in [-0.1, -0.05) is 48.0 Å². The topological polar surface area (TPSA) is 55.1 Å². The van der Waals surface area contributed by atoms with E-state index in [0.717, 1.165) is 22.6 Å². The molecular weight excluding hydrogens is 300 g/mol. The summed E-state index contributed by atoms with van der Waals surface area (Å²) in [5.74, 6) is 1.35. The number of amides is 1. The van der Waals surface area contributed by atoms with Crippen LogP contribution in [0.25, 0.3) is 11.3 Å². The molecule has 0 aliphatic rings. The normalized spacial score (nSPS) is 10.6. The van der Waals surface area contributed by atoms with E-state index in [1.165, 1.54) is 0 Å². The van der Waals surface area contributed by atoms with E-state index < -0.39 is 0 Å². The minimum absolute atomic E-state index is 0.0764. The van der Waals surface area contributed by atoms with Crippen LogP contribution in [-0.2, 0) is 6.42 Å². The first-order chi connectivity index (χ1) is 11.6.